The van der Waals surface area contributed by atoms with E-state index < -0.39 is 0 Å². The molecule has 2 heterocycles. The van der Waals surface area contributed by atoms with Crippen molar-refractivity contribution in [3.8, 4) is 22.6 Å². The second-order valence-corrected chi connectivity index (χ2v) is 9.21. The van der Waals surface area contributed by atoms with Gasteiger partial charge in [-0.15, -0.1) is 0 Å². The summed E-state index contributed by atoms with van der Waals surface area (Å²) < 4.78 is 12.6. The molecule has 1 aliphatic heterocycles. The molecule has 0 amide bonds. The smallest absolute Gasteiger partial charge is 0.151 e. The van der Waals surface area contributed by atoms with Gasteiger partial charge in [0.05, 0.1) is 11.4 Å². The molecule has 3 heteroatoms. The van der Waals surface area contributed by atoms with Crippen LogP contribution in [0, 0.1) is 13.8 Å². The van der Waals surface area contributed by atoms with Crippen molar-refractivity contribution in [1.29, 1.82) is 0 Å². The summed E-state index contributed by atoms with van der Waals surface area (Å²) in [4.78, 5) is 2.28. The number of rotatable bonds is 2. The second-order valence-electron chi connectivity index (χ2n) is 9.21. The normalized spacial score (nSPS) is 12.5. The van der Waals surface area contributed by atoms with E-state index in [4.69, 9.17) is 9.15 Å². The molecule has 1 aromatic heterocycles. The lowest BCUT2D eigenvalue weighted by Gasteiger charge is -2.33. The standard InChI is InChI=1S/C32H23NO2/c1-20-10-16-27-30(18-20)34-31-19-21(2)11-17-28(31)33(27)23-14-12-22(13-15-23)24-7-5-8-26-25-6-3-4-9-29(25)35-32(24)26/h3-19H,1-2H3. The highest BCUT2D eigenvalue weighted by Gasteiger charge is 2.26. The van der Waals surface area contributed by atoms with E-state index in [9.17, 15) is 0 Å². The molecule has 6 aromatic rings. The van der Waals surface area contributed by atoms with Gasteiger partial charge in [0, 0.05) is 22.0 Å². The number of para-hydroxylation sites is 2. The van der Waals surface area contributed by atoms with Crippen LogP contribution in [-0.2, 0) is 0 Å². The molecule has 35 heavy (non-hydrogen) atoms. The SMILES string of the molecule is Cc1ccc2c(c1)Oc1cc(C)ccc1N2c1ccc(-c2cccc3c2oc2ccccc23)cc1. The first kappa shape index (κ1) is 19.9. The molecule has 168 valence electrons. The van der Waals surface area contributed by atoms with Crippen LogP contribution in [0.4, 0.5) is 17.1 Å². The van der Waals surface area contributed by atoms with Crippen LogP contribution >= 0.6 is 0 Å². The van der Waals surface area contributed by atoms with Gasteiger partial charge in [0.15, 0.2) is 11.5 Å². The Morgan fingerprint density at radius 3 is 1.97 bits per heavy atom. The Hall–Kier alpha value is -4.50. The van der Waals surface area contributed by atoms with E-state index in [1.54, 1.807) is 0 Å². The highest BCUT2D eigenvalue weighted by Crippen LogP contribution is 2.51. The van der Waals surface area contributed by atoms with Gasteiger partial charge in [-0.2, -0.15) is 0 Å². The van der Waals surface area contributed by atoms with Gasteiger partial charge in [-0.1, -0.05) is 60.7 Å². The molecule has 0 atom stereocenters. The average Bonchev–Trinajstić information content (AvgIpc) is 3.26. The van der Waals surface area contributed by atoms with E-state index in [1.807, 2.05) is 12.1 Å². The summed E-state index contributed by atoms with van der Waals surface area (Å²) in [5, 5.41) is 2.29. The number of benzene rings is 5. The first-order valence-corrected chi connectivity index (χ1v) is 11.9. The second kappa shape index (κ2) is 7.51. The Morgan fingerprint density at radius 2 is 1.26 bits per heavy atom. The monoisotopic (exact) mass is 453 g/mol. The molecule has 0 fully saturated rings. The minimum absolute atomic E-state index is 0.874. The van der Waals surface area contributed by atoms with Crippen LogP contribution in [0.2, 0.25) is 0 Å². The van der Waals surface area contributed by atoms with Gasteiger partial charge >= 0.3 is 0 Å². The quantitative estimate of drug-likeness (QED) is 0.261. The van der Waals surface area contributed by atoms with Crippen LogP contribution < -0.4 is 9.64 Å². The van der Waals surface area contributed by atoms with Crippen molar-refractivity contribution in [2.75, 3.05) is 4.90 Å². The Balaban J connectivity index is 1.36. The summed E-state index contributed by atoms with van der Waals surface area (Å²) in [6.07, 6.45) is 0. The zero-order chi connectivity index (χ0) is 23.5. The fourth-order valence-corrected chi connectivity index (χ4v) is 5.07. The fraction of sp³-hybridized carbons (Fsp3) is 0.0625. The van der Waals surface area contributed by atoms with E-state index in [-0.39, 0.29) is 0 Å². The molecule has 7 rings (SSSR count). The zero-order valence-corrected chi connectivity index (χ0v) is 19.6. The van der Waals surface area contributed by atoms with Gasteiger partial charge in [0.25, 0.3) is 0 Å². The summed E-state index contributed by atoms with van der Waals surface area (Å²) in [5.74, 6) is 1.75. The summed E-state index contributed by atoms with van der Waals surface area (Å²) >= 11 is 0. The Labute approximate surface area is 203 Å². The summed E-state index contributed by atoms with van der Waals surface area (Å²) in [7, 11) is 0. The minimum atomic E-state index is 0.874. The lowest BCUT2D eigenvalue weighted by atomic mass is 10.0. The number of ether oxygens (including phenoxy) is 1. The topological polar surface area (TPSA) is 25.6 Å². The maximum Gasteiger partial charge on any atom is 0.151 e. The number of fused-ring (bicyclic) bond motifs is 5. The third-order valence-electron chi connectivity index (χ3n) is 6.77. The molecule has 3 nitrogen and oxygen atoms in total. The molecule has 0 bridgehead atoms. The van der Waals surface area contributed by atoms with E-state index >= 15 is 0 Å². The van der Waals surface area contributed by atoms with Crippen molar-refractivity contribution < 1.29 is 9.15 Å². The van der Waals surface area contributed by atoms with Crippen molar-refractivity contribution in [3.63, 3.8) is 0 Å². The van der Waals surface area contributed by atoms with E-state index in [1.165, 1.54) is 11.1 Å². The van der Waals surface area contributed by atoms with Gasteiger partial charge in [0.1, 0.15) is 11.2 Å². The van der Waals surface area contributed by atoms with Crippen LogP contribution in [0.25, 0.3) is 33.1 Å². The van der Waals surface area contributed by atoms with Gasteiger partial charge in [0.2, 0.25) is 0 Å². The number of hydrogen-bond acceptors (Lipinski definition) is 3. The molecule has 5 aromatic carbocycles. The zero-order valence-electron chi connectivity index (χ0n) is 19.6. The molecule has 1 aliphatic rings. The minimum Gasteiger partial charge on any atom is -0.455 e. The molecule has 0 spiro atoms. The average molecular weight is 454 g/mol. The molecule has 0 radical (unpaired) electrons. The number of nitrogens with zero attached hydrogens (tertiary/aromatic N) is 1. The molecular formula is C32H23NO2. The summed E-state index contributed by atoms with van der Waals surface area (Å²) in [6.45, 7) is 4.18. The van der Waals surface area contributed by atoms with Crippen LogP contribution in [0.15, 0.2) is 108 Å². The fourth-order valence-electron chi connectivity index (χ4n) is 5.07. The van der Waals surface area contributed by atoms with Gasteiger partial charge in [-0.05, 0) is 73.0 Å². The molecule has 0 saturated heterocycles. The highest BCUT2D eigenvalue weighted by molar-refractivity contribution is 6.09. The maximum absolute atomic E-state index is 6.31. The Bertz CT molecular complexity index is 1690. The third kappa shape index (κ3) is 3.12. The lowest BCUT2D eigenvalue weighted by molar-refractivity contribution is 0.476. The number of furan rings is 1. The lowest BCUT2D eigenvalue weighted by Crippen LogP contribution is -2.16. The van der Waals surface area contributed by atoms with Crippen LogP contribution in [-0.4, -0.2) is 0 Å². The van der Waals surface area contributed by atoms with E-state index in [0.29, 0.717) is 0 Å². The van der Waals surface area contributed by atoms with Crippen molar-refractivity contribution in [1.82, 2.24) is 0 Å². The van der Waals surface area contributed by atoms with Crippen LogP contribution in [0.5, 0.6) is 11.5 Å². The molecule has 0 unspecified atom stereocenters. The van der Waals surface area contributed by atoms with Crippen molar-refractivity contribution >= 4 is 39.0 Å². The summed E-state index contributed by atoms with van der Waals surface area (Å²) in [5.41, 5.74) is 9.58. The van der Waals surface area contributed by atoms with E-state index in [2.05, 4.69) is 110 Å². The van der Waals surface area contributed by atoms with Gasteiger partial charge < -0.3 is 14.1 Å². The molecule has 0 aliphatic carbocycles. The molecule has 0 saturated carbocycles. The van der Waals surface area contributed by atoms with Crippen molar-refractivity contribution in [3.05, 3.63) is 114 Å². The predicted octanol–water partition coefficient (Wildman–Crippen LogP) is 9.45. The number of aryl methyl sites for hydroxylation is 2. The van der Waals surface area contributed by atoms with E-state index in [0.717, 1.165) is 61.6 Å². The van der Waals surface area contributed by atoms with Crippen LogP contribution in [0.1, 0.15) is 11.1 Å². The maximum atomic E-state index is 6.31. The van der Waals surface area contributed by atoms with Crippen molar-refractivity contribution in [2.24, 2.45) is 0 Å². The number of anilines is 3. The third-order valence-corrected chi connectivity index (χ3v) is 6.77. The molecule has 0 N–H and O–H groups in total. The predicted molar refractivity (Wildman–Crippen MR) is 143 cm³/mol. The van der Waals surface area contributed by atoms with Gasteiger partial charge in [-0.3, -0.25) is 0 Å². The Morgan fingerprint density at radius 1 is 0.600 bits per heavy atom. The van der Waals surface area contributed by atoms with Crippen LogP contribution in [0.3, 0.4) is 0 Å². The first-order valence-electron chi connectivity index (χ1n) is 11.9. The molecular weight excluding hydrogens is 430 g/mol. The summed E-state index contributed by atoms with van der Waals surface area (Å²) in [6, 6.07) is 36.0. The Kier molecular flexibility index (Phi) is 4.27. The number of hydrogen-bond donors (Lipinski definition) is 0. The van der Waals surface area contributed by atoms with Gasteiger partial charge in [-0.25, -0.2) is 0 Å². The largest absolute Gasteiger partial charge is 0.455 e. The highest BCUT2D eigenvalue weighted by atomic mass is 16.5. The first-order chi connectivity index (χ1) is 17.2. The van der Waals surface area contributed by atoms with Crippen molar-refractivity contribution in [2.45, 2.75) is 13.8 Å².